The van der Waals surface area contributed by atoms with E-state index in [0.29, 0.717) is 17.4 Å². The van der Waals surface area contributed by atoms with Crippen LogP contribution in [0.25, 0.3) is 6.08 Å². The van der Waals surface area contributed by atoms with Gasteiger partial charge in [-0.15, -0.1) is 11.3 Å². The highest BCUT2D eigenvalue weighted by Crippen LogP contribution is 2.26. The molecule has 0 fully saturated rings. The minimum absolute atomic E-state index is 0.0479. The quantitative estimate of drug-likeness (QED) is 0.574. The van der Waals surface area contributed by atoms with E-state index in [1.54, 1.807) is 16.4 Å². The number of anilines is 1. The van der Waals surface area contributed by atoms with Crippen LogP contribution in [0.5, 0.6) is 0 Å². The van der Waals surface area contributed by atoms with Crippen molar-refractivity contribution in [2.45, 2.75) is 40.0 Å². The molecule has 1 aliphatic rings. The van der Waals surface area contributed by atoms with Gasteiger partial charge in [0, 0.05) is 24.4 Å². The molecule has 1 aromatic carbocycles. The van der Waals surface area contributed by atoms with Crippen LogP contribution in [0.15, 0.2) is 40.3 Å². The number of ether oxygens (including phenoxy) is 1. The summed E-state index contributed by atoms with van der Waals surface area (Å²) in [5.74, 6) is -0.301. The molecule has 7 heteroatoms. The van der Waals surface area contributed by atoms with Crippen molar-refractivity contribution in [2.24, 2.45) is 4.99 Å². The number of benzene rings is 1. The van der Waals surface area contributed by atoms with Gasteiger partial charge >= 0.3 is 5.97 Å². The van der Waals surface area contributed by atoms with E-state index in [0.717, 1.165) is 5.56 Å². The first-order valence-electron chi connectivity index (χ1n) is 9.06. The fourth-order valence-electron chi connectivity index (χ4n) is 2.74. The summed E-state index contributed by atoms with van der Waals surface area (Å²) in [4.78, 5) is 34.2. The van der Waals surface area contributed by atoms with Crippen LogP contribution in [0.4, 0.5) is 5.13 Å². The van der Waals surface area contributed by atoms with Gasteiger partial charge in [-0.05, 0) is 36.1 Å². The van der Waals surface area contributed by atoms with E-state index in [4.69, 9.17) is 4.74 Å². The highest BCUT2D eigenvalue weighted by molar-refractivity contribution is 7.14. The Morgan fingerprint density at radius 2 is 1.93 bits per heavy atom. The number of carbonyl (C=O) groups is 2. The van der Waals surface area contributed by atoms with E-state index < -0.39 is 5.97 Å². The van der Waals surface area contributed by atoms with Crippen molar-refractivity contribution in [3.8, 4) is 0 Å². The molecule has 28 heavy (non-hydrogen) atoms. The Morgan fingerprint density at radius 3 is 2.50 bits per heavy atom. The molecule has 0 bridgehead atoms. The Bertz CT molecular complexity index is 966. The number of amides is 1. The fraction of sp³-hybridized carbons (Fsp3) is 0.333. The number of carbonyl (C=O) groups excluding carboxylic acids is 2. The molecule has 0 atom stereocenters. The molecule has 2 aromatic rings. The van der Waals surface area contributed by atoms with Gasteiger partial charge in [-0.2, -0.15) is 0 Å². The largest absolute Gasteiger partial charge is 0.402 e. The lowest BCUT2D eigenvalue weighted by Gasteiger charge is -2.18. The average molecular weight is 398 g/mol. The topological polar surface area (TPSA) is 71.9 Å². The SMILES string of the molecule is CCN(C(C)=O)c1nc(C=C2N=C(c3ccc(C(C)(C)C)cc3)OC2=O)cs1. The molecular formula is C21H23N3O3S. The molecule has 0 aliphatic carbocycles. The van der Waals surface area contributed by atoms with E-state index in [2.05, 4.69) is 30.7 Å². The zero-order chi connectivity index (χ0) is 20.5. The summed E-state index contributed by atoms with van der Waals surface area (Å²) in [6, 6.07) is 7.84. The van der Waals surface area contributed by atoms with Crippen LogP contribution in [-0.2, 0) is 19.7 Å². The van der Waals surface area contributed by atoms with Crippen molar-refractivity contribution in [2.75, 3.05) is 11.4 Å². The van der Waals surface area contributed by atoms with Crippen LogP contribution >= 0.6 is 11.3 Å². The molecule has 0 unspecified atom stereocenters. The highest BCUT2D eigenvalue weighted by atomic mass is 32.1. The molecule has 0 N–H and O–H groups in total. The Kier molecular flexibility index (Phi) is 5.47. The first kappa shape index (κ1) is 19.9. The Hall–Kier alpha value is -2.80. The normalized spacial score (nSPS) is 15.5. The van der Waals surface area contributed by atoms with Gasteiger partial charge in [0.05, 0.1) is 5.69 Å². The molecule has 0 saturated carbocycles. The summed E-state index contributed by atoms with van der Waals surface area (Å²) in [7, 11) is 0. The van der Waals surface area contributed by atoms with Gasteiger partial charge in [0.25, 0.3) is 0 Å². The Morgan fingerprint density at radius 1 is 1.25 bits per heavy atom. The predicted octanol–water partition coefficient (Wildman–Crippen LogP) is 4.16. The molecule has 6 nitrogen and oxygen atoms in total. The third kappa shape index (κ3) is 4.20. The summed E-state index contributed by atoms with van der Waals surface area (Å²) >= 11 is 1.34. The number of nitrogens with zero attached hydrogens (tertiary/aromatic N) is 3. The molecule has 2 heterocycles. The lowest BCUT2D eigenvalue weighted by atomic mass is 9.87. The van der Waals surface area contributed by atoms with Crippen molar-refractivity contribution in [1.82, 2.24) is 4.98 Å². The minimum atomic E-state index is -0.511. The van der Waals surface area contributed by atoms with Crippen molar-refractivity contribution in [1.29, 1.82) is 0 Å². The highest BCUT2D eigenvalue weighted by Gasteiger charge is 2.25. The molecule has 1 aliphatic heterocycles. The summed E-state index contributed by atoms with van der Waals surface area (Å²) in [6.07, 6.45) is 1.58. The van der Waals surface area contributed by atoms with Crippen LogP contribution in [-0.4, -0.2) is 29.3 Å². The number of hydrogen-bond donors (Lipinski definition) is 0. The second-order valence-corrected chi connectivity index (χ2v) is 8.32. The predicted molar refractivity (Wildman–Crippen MR) is 112 cm³/mol. The molecule has 0 radical (unpaired) electrons. The van der Waals surface area contributed by atoms with E-state index in [-0.39, 0.29) is 22.9 Å². The summed E-state index contributed by atoms with van der Waals surface area (Å²) < 4.78 is 5.33. The summed E-state index contributed by atoms with van der Waals surface area (Å²) in [5.41, 5.74) is 2.75. The summed E-state index contributed by atoms with van der Waals surface area (Å²) in [5, 5.41) is 2.38. The first-order chi connectivity index (χ1) is 13.2. The van der Waals surface area contributed by atoms with Gasteiger partial charge in [0.1, 0.15) is 0 Å². The number of esters is 1. The number of aliphatic imine (C=N–C) groups is 1. The fourth-order valence-corrected chi connectivity index (χ4v) is 3.63. The van der Waals surface area contributed by atoms with Crippen LogP contribution in [0.3, 0.4) is 0 Å². The average Bonchev–Trinajstić information content (AvgIpc) is 3.22. The van der Waals surface area contributed by atoms with Crippen LogP contribution in [0.1, 0.15) is 51.4 Å². The van der Waals surface area contributed by atoms with Crippen molar-refractivity contribution < 1.29 is 14.3 Å². The Labute approximate surface area is 168 Å². The second kappa shape index (κ2) is 7.67. The van der Waals surface area contributed by atoms with Crippen LogP contribution < -0.4 is 4.90 Å². The molecule has 3 rings (SSSR count). The molecule has 0 saturated heterocycles. The lowest BCUT2D eigenvalue weighted by molar-refractivity contribution is -0.130. The van der Waals surface area contributed by atoms with Crippen molar-refractivity contribution >= 4 is 40.3 Å². The second-order valence-electron chi connectivity index (χ2n) is 7.48. The smallest absolute Gasteiger partial charge is 0.363 e. The van der Waals surface area contributed by atoms with Gasteiger partial charge in [-0.25, -0.2) is 14.8 Å². The molecule has 0 spiro atoms. The van der Waals surface area contributed by atoms with Gasteiger partial charge in [-0.1, -0.05) is 32.9 Å². The monoisotopic (exact) mass is 397 g/mol. The first-order valence-corrected chi connectivity index (χ1v) is 9.94. The maximum absolute atomic E-state index is 12.2. The lowest BCUT2D eigenvalue weighted by Crippen LogP contribution is -2.27. The van der Waals surface area contributed by atoms with E-state index >= 15 is 0 Å². The summed E-state index contributed by atoms with van der Waals surface area (Å²) in [6.45, 7) is 10.3. The third-order valence-electron chi connectivity index (χ3n) is 4.34. The molecule has 146 valence electrons. The zero-order valence-corrected chi connectivity index (χ0v) is 17.5. The molecule has 1 aromatic heterocycles. The number of rotatable bonds is 4. The van der Waals surface area contributed by atoms with E-state index in [1.807, 2.05) is 31.2 Å². The van der Waals surface area contributed by atoms with Crippen LogP contribution in [0.2, 0.25) is 0 Å². The van der Waals surface area contributed by atoms with Gasteiger partial charge in [0.2, 0.25) is 11.8 Å². The van der Waals surface area contributed by atoms with E-state index in [9.17, 15) is 9.59 Å². The van der Waals surface area contributed by atoms with Gasteiger partial charge < -0.3 is 4.74 Å². The number of cyclic esters (lactones) is 1. The molecule has 1 amide bonds. The van der Waals surface area contributed by atoms with Crippen molar-refractivity contribution in [3.05, 3.63) is 52.2 Å². The van der Waals surface area contributed by atoms with Crippen molar-refractivity contribution in [3.63, 3.8) is 0 Å². The van der Waals surface area contributed by atoms with Gasteiger partial charge in [0.15, 0.2) is 10.8 Å². The zero-order valence-electron chi connectivity index (χ0n) is 16.6. The Balaban J connectivity index is 1.84. The van der Waals surface area contributed by atoms with E-state index in [1.165, 1.54) is 23.8 Å². The maximum Gasteiger partial charge on any atom is 0.363 e. The van der Waals surface area contributed by atoms with Crippen LogP contribution in [0, 0.1) is 0 Å². The molecular weight excluding hydrogens is 374 g/mol. The number of hydrogen-bond acceptors (Lipinski definition) is 6. The maximum atomic E-state index is 12.2. The number of thiazole rings is 1. The third-order valence-corrected chi connectivity index (χ3v) is 5.22. The standard InChI is InChI=1S/C21H23N3O3S/c1-6-24(13(2)25)20-22-16(12-28-20)11-17-19(26)27-18(23-17)14-7-9-15(10-8-14)21(3,4)5/h7-12H,6H2,1-5H3. The number of aromatic nitrogens is 1. The van der Waals surface area contributed by atoms with Gasteiger partial charge in [-0.3, -0.25) is 9.69 Å². The minimum Gasteiger partial charge on any atom is -0.402 e.